The quantitative estimate of drug-likeness (QED) is 0.239. The summed E-state index contributed by atoms with van der Waals surface area (Å²) in [6.07, 6.45) is 4.35. The highest BCUT2D eigenvalue weighted by atomic mass is 127. The van der Waals surface area contributed by atoms with E-state index in [4.69, 9.17) is 9.47 Å². The van der Waals surface area contributed by atoms with Gasteiger partial charge in [-0.05, 0) is 38.2 Å². The van der Waals surface area contributed by atoms with E-state index < -0.39 is 5.60 Å². The Bertz CT molecular complexity index is 647. The average molecular weight is 533 g/mol. The number of hydrogen-bond acceptors (Lipinski definition) is 6. The fourth-order valence-electron chi connectivity index (χ4n) is 3.16. The Morgan fingerprint density at radius 1 is 1.33 bits per heavy atom. The largest absolute Gasteiger partial charge is 0.477 e. The number of aromatic nitrogens is 1. The van der Waals surface area contributed by atoms with E-state index in [9.17, 15) is 5.11 Å². The highest BCUT2D eigenvalue weighted by molar-refractivity contribution is 14.0. The molecule has 0 bridgehead atoms. The number of β-amino-alcohol motifs (C(OH)–C–C–N with tert-alkyl or cyclic N) is 1. The second-order valence-electron chi connectivity index (χ2n) is 8.19. The fraction of sp³-hybridized carbons (Fsp3) is 0.714. The van der Waals surface area contributed by atoms with E-state index >= 15 is 0 Å². The first-order valence-electron chi connectivity index (χ1n) is 10.7. The zero-order valence-electron chi connectivity index (χ0n) is 18.1. The maximum atomic E-state index is 10.7. The molecule has 1 saturated carbocycles. The van der Waals surface area contributed by atoms with Crippen molar-refractivity contribution in [1.29, 1.82) is 0 Å². The van der Waals surface area contributed by atoms with Crippen LogP contribution in [0, 0.1) is 5.92 Å². The van der Waals surface area contributed by atoms with Crippen molar-refractivity contribution in [3.63, 3.8) is 0 Å². The number of pyridine rings is 1. The van der Waals surface area contributed by atoms with Crippen LogP contribution in [0.3, 0.4) is 0 Å². The predicted octanol–water partition coefficient (Wildman–Crippen LogP) is 1.63. The van der Waals surface area contributed by atoms with Crippen LogP contribution in [0.4, 0.5) is 0 Å². The van der Waals surface area contributed by atoms with Crippen LogP contribution in [0.1, 0.15) is 32.3 Å². The summed E-state index contributed by atoms with van der Waals surface area (Å²) in [5.41, 5.74) is 0.163. The zero-order valence-corrected chi connectivity index (χ0v) is 20.4. The van der Waals surface area contributed by atoms with Crippen LogP contribution >= 0.6 is 24.0 Å². The molecule has 0 aromatic carbocycles. The van der Waals surface area contributed by atoms with Gasteiger partial charge in [-0.25, -0.2) is 9.98 Å². The lowest BCUT2D eigenvalue weighted by Gasteiger charge is -2.34. The molecule has 1 aromatic heterocycles. The Hall–Kier alpha value is -1.17. The molecule has 1 aliphatic carbocycles. The smallest absolute Gasteiger partial charge is 0.213 e. The molecule has 1 aliphatic heterocycles. The SMILES string of the molecule is CCNC(=NCc1ccc(OCC2CC2)nc1)NCC(C)(O)CN1CCOCC1.I. The van der Waals surface area contributed by atoms with Crippen LogP contribution in [-0.4, -0.2) is 79.1 Å². The molecule has 0 spiro atoms. The lowest BCUT2D eigenvalue weighted by atomic mass is 10.1. The molecule has 2 fully saturated rings. The minimum absolute atomic E-state index is 0. The fourth-order valence-corrected chi connectivity index (χ4v) is 3.16. The summed E-state index contributed by atoms with van der Waals surface area (Å²) in [7, 11) is 0. The Balaban J connectivity index is 0.00000320. The second kappa shape index (κ2) is 12.6. The van der Waals surface area contributed by atoms with Crippen LogP contribution < -0.4 is 15.4 Å². The van der Waals surface area contributed by atoms with Crippen molar-refractivity contribution in [3.05, 3.63) is 23.9 Å². The van der Waals surface area contributed by atoms with Crippen LogP contribution in [0.5, 0.6) is 5.88 Å². The van der Waals surface area contributed by atoms with Gasteiger partial charge in [0, 0.05) is 45.0 Å². The zero-order chi connectivity index (χ0) is 20.5. The normalized spacial score (nSPS) is 19.5. The third-order valence-corrected chi connectivity index (χ3v) is 5.03. The molecule has 0 radical (unpaired) electrons. The predicted molar refractivity (Wildman–Crippen MR) is 129 cm³/mol. The lowest BCUT2D eigenvalue weighted by Crippen LogP contribution is -2.52. The molecule has 1 aromatic rings. The highest BCUT2D eigenvalue weighted by Crippen LogP contribution is 2.29. The molecule has 2 heterocycles. The minimum Gasteiger partial charge on any atom is -0.477 e. The van der Waals surface area contributed by atoms with Gasteiger partial charge in [-0.15, -0.1) is 24.0 Å². The summed E-state index contributed by atoms with van der Waals surface area (Å²) in [6.45, 7) is 10.1. The van der Waals surface area contributed by atoms with Crippen molar-refractivity contribution < 1.29 is 14.6 Å². The monoisotopic (exact) mass is 533 g/mol. The molecule has 9 heteroatoms. The number of rotatable bonds is 10. The molecular formula is C21H36IN5O3. The molecule has 3 N–H and O–H groups in total. The number of morpholine rings is 1. The van der Waals surface area contributed by atoms with Crippen LogP contribution in [0.2, 0.25) is 0 Å². The highest BCUT2D eigenvalue weighted by Gasteiger charge is 2.25. The van der Waals surface area contributed by atoms with Crippen molar-refractivity contribution in [3.8, 4) is 5.88 Å². The van der Waals surface area contributed by atoms with E-state index in [0.29, 0.717) is 31.5 Å². The molecule has 8 nitrogen and oxygen atoms in total. The van der Waals surface area contributed by atoms with Crippen LogP contribution in [-0.2, 0) is 11.3 Å². The van der Waals surface area contributed by atoms with E-state index in [1.807, 2.05) is 32.2 Å². The van der Waals surface area contributed by atoms with Gasteiger partial charge in [0.2, 0.25) is 5.88 Å². The molecule has 2 aliphatic rings. The molecule has 30 heavy (non-hydrogen) atoms. The number of halogens is 1. The van der Waals surface area contributed by atoms with Crippen molar-refractivity contribution in [1.82, 2.24) is 20.5 Å². The summed E-state index contributed by atoms with van der Waals surface area (Å²) in [5.74, 6) is 2.08. The van der Waals surface area contributed by atoms with Gasteiger partial charge < -0.3 is 25.2 Å². The van der Waals surface area contributed by atoms with Gasteiger partial charge in [0.25, 0.3) is 0 Å². The van der Waals surface area contributed by atoms with Gasteiger partial charge in [0.1, 0.15) is 0 Å². The first kappa shape index (κ1) is 25.1. The molecule has 170 valence electrons. The Morgan fingerprint density at radius 3 is 2.73 bits per heavy atom. The summed E-state index contributed by atoms with van der Waals surface area (Å²) >= 11 is 0. The van der Waals surface area contributed by atoms with E-state index in [-0.39, 0.29) is 24.0 Å². The molecule has 1 unspecified atom stereocenters. The second-order valence-corrected chi connectivity index (χ2v) is 8.19. The maximum absolute atomic E-state index is 10.7. The Labute approximate surface area is 196 Å². The van der Waals surface area contributed by atoms with Gasteiger partial charge in [-0.2, -0.15) is 0 Å². The topological polar surface area (TPSA) is 91.2 Å². The number of nitrogens with zero attached hydrogens (tertiary/aromatic N) is 3. The number of nitrogens with one attached hydrogen (secondary N) is 2. The maximum Gasteiger partial charge on any atom is 0.213 e. The van der Waals surface area contributed by atoms with Crippen LogP contribution in [0.15, 0.2) is 23.3 Å². The van der Waals surface area contributed by atoms with Crippen molar-refractivity contribution in [2.75, 3.05) is 52.5 Å². The van der Waals surface area contributed by atoms with E-state index in [1.165, 1.54) is 12.8 Å². The van der Waals surface area contributed by atoms with Gasteiger partial charge >= 0.3 is 0 Å². The molecule has 0 amide bonds. The number of aliphatic hydroxyl groups is 1. The van der Waals surface area contributed by atoms with Crippen molar-refractivity contribution in [2.24, 2.45) is 10.9 Å². The summed E-state index contributed by atoms with van der Waals surface area (Å²) in [6, 6.07) is 3.90. The number of hydrogen-bond donors (Lipinski definition) is 3. The summed E-state index contributed by atoms with van der Waals surface area (Å²) in [4.78, 5) is 11.2. The minimum atomic E-state index is -0.852. The third kappa shape index (κ3) is 9.32. The third-order valence-electron chi connectivity index (χ3n) is 5.03. The van der Waals surface area contributed by atoms with Crippen molar-refractivity contribution in [2.45, 2.75) is 38.8 Å². The first-order valence-corrected chi connectivity index (χ1v) is 10.7. The van der Waals surface area contributed by atoms with Gasteiger partial charge in [-0.3, -0.25) is 4.90 Å². The average Bonchev–Trinajstić information content (AvgIpc) is 3.54. The van der Waals surface area contributed by atoms with Crippen molar-refractivity contribution >= 4 is 29.9 Å². The van der Waals surface area contributed by atoms with E-state index in [1.54, 1.807) is 0 Å². The Morgan fingerprint density at radius 2 is 2.10 bits per heavy atom. The molecule has 3 rings (SSSR count). The summed E-state index contributed by atoms with van der Waals surface area (Å²) in [5, 5.41) is 17.2. The number of aliphatic imine (C=N–C) groups is 1. The standard InChI is InChI=1S/C21H35N5O3.HI/c1-3-22-20(25-15-21(2,27)16-26-8-10-28-11-9-26)24-13-18-6-7-19(23-12-18)29-14-17-4-5-17;/h6-7,12,17,27H,3-5,8-11,13-16H2,1-2H3,(H2,22,24,25);1H. The molecular weight excluding hydrogens is 497 g/mol. The lowest BCUT2D eigenvalue weighted by molar-refractivity contribution is -0.0201. The van der Waals surface area contributed by atoms with Gasteiger partial charge in [0.05, 0.1) is 32.0 Å². The van der Waals surface area contributed by atoms with Crippen LogP contribution in [0.25, 0.3) is 0 Å². The number of ether oxygens (including phenoxy) is 2. The molecule has 1 atom stereocenters. The van der Waals surface area contributed by atoms with E-state index in [0.717, 1.165) is 50.9 Å². The Kier molecular flexibility index (Phi) is 10.6. The summed E-state index contributed by atoms with van der Waals surface area (Å²) < 4.78 is 11.0. The number of guanidine groups is 1. The van der Waals surface area contributed by atoms with Gasteiger partial charge in [0.15, 0.2) is 5.96 Å². The van der Waals surface area contributed by atoms with E-state index in [2.05, 4.69) is 25.5 Å². The first-order chi connectivity index (χ1) is 14.0. The van der Waals surface area contributed by atoms with Gasteiger partial charge in [-0.1, -0.05) is 6.07 Å². The molecule has 1 saturated heterocycles.